The van der Waals surface area contributed by atoms with Crippen LogP contribution in [-0.4, -0.2) is 7.11 Å². The summed E-state index contributed by atoms with van der Waals surface area (Å²) < 4.78 is 5.42. The molecule has 0 N–H and O–H groups in total. The molecule has 92 valence electrons. The van der Waals surface area contributed by atoms with E-state index in [1.165, 1.54) is 37.7 Å². The summed E-state index contributed by atoms with van der Waals surface area (Å²) in [6, 6.07) is 8.38. The Hall–Kier alpha value is -1.24. The molecule has 1 nitrogen and oxygen atoms in total. The molecule has 0 unspecified atom stereocenters. The van der Waals surface area contributed by atoms with Crippen LogP contribution in [0.3, 0.4) is 0 Å². The molecule has 0 aliphatic heterocycles. The molecule has 1 aliphatic rings. The predicted octanol–water partition coefficient (Wildman–Crippen LogP) is 4.37. The molecule has 0 bridgehead atoms. The van der Waals surface area contributed by atoms with E-state index in [0.29, 0.717) is 5.92 Å². The van der Waals surface area contributed by atoms with Crippen LogP contribution < -0.4 is 4.74 Å². The van der Waals surface area contributed by atoms with Gasteiger partial charge in [0.05, 0.1) is 7.11 Å². The second-order valence-electron chi connectivity index (χ2n) is 4.84. The molecule has 0 aromatic heterocycles. The molecule has 0 radical (unpaired) electrons. The lowest BCUT2D eigenvalue weighted by Crippen LogP contribution is -2.04. The van der Waals surface area contributed by atoms with Gasteiger partial charge in [-0.25, -0.2) is 0 Å². The highest BCUT2D eigenvalue weighted by atomic mass is 16.5. The van der Waals surface area contributed by atoms with Gasteiger partial charge < -0.3 is 4.74 Å². The maximum Gasteiger partial charge on any atom is 0.122 e. The Morgan fingerprint density at radius 3 is 2.94 bits per heavy atom. The SMILES string of the molecule is COc1ccccc1C[C@H]1C=CCCCCC1. The van der Waals surface area contributed by atoms with Gasteiger partial charge in [0, 0.05) is 0 Å². The Balaban J connectivity index is 2.05. The Morgan fingerprint density at radius 1 is 1.18 bits per heavy atom. The first-order chi connectivity index (χ1) is 8.40. The summed E-state index contributed by atoms with van der Waals surface area (Å²) in [6.45, 7) is 0. The van der Waals surface area contributed by atoms with E-state index in [2.05, 4.69) is 30.4 Å². The van der Waals surface area contributed by atoms with Crippen LogP contribution in [0.2, 0.25) is 0 Å². The van der Waals surface area contributed by atoms with E-state index in [9.17, 15) is 0 Å². The van der Waals surface area contributed by atoms with Crippen LogP contribution in [0.5, 0.6) is 5.75 Å². The Bertz CT molecular complexity index is 368. The van der Waals surface area contributed by atoms with Crippen molar-refractivity contribution < 1.29 is 4.74 Å². The second-order valence-corrected chi connectivity index (χ2v) is 4.84. The molecule has 17 heavy (non-hydrogen) atoms. The molecule has 1 aromatic carbocycles. The van der Waals surface area contributed by atoms with Gasteiger partial charge in [-0.3, -0.25) is 0 Å². The molecule has 0 saturated heterocycles. The highest BCUT2D eigenvalue weighted by molar-refractivity contribution is 5.33. The van der Waals surface area contributed by atoms with E-state index >= 15 is 0 Å². The van der Waals surface area contributed by atoms with Crippen molar-refractivity contribution in [2.75, 3.05) is 7.11 Å². The zero-order chi connectivity index (χ0) is 11.9. The lowest BCUT2D eigenvalue weighted by atomic mass is 9.91. The van der Waals surface area contributed by atoms with Crippen LogP contribution in [0.15, 0.2) is 36.4 Å². The lowest BCUT2D eigenvalue weighted by molar-refractivity contribution is 0.405. The Kier molecular flexibility index (Phi) is 4.66. The molecule has 1 heteroatoms. The third kappa shape index (κ3) is 3.62. The largest absolute Gasteiger partial charge is 0.496 e. The number of para-hydroxylation sites is 1. The van der Waals surface area contributed by atoms with E-state index in [1.54, 1.807) is 7.11 Å². The predicted molar refractivity (Wildman–Crippen MR) is 72.4 cm³/mol. The average molecular weight is 230 g/mol. The van der Waals surface area contributed by atoms with Crippen molar-refractivity contribution >= 4 is 0 Å². The summed E-state index contributed by atoms with van der Waals surface area (Å²) in [6.07, 6.45) is 12.6. The van der Waals surface area contributed by atoms with Gasteiger partial charge in [-0.1, -0.05) is 43.2 Å². The van der Waals surface area contributed by atoms with Gasteiger partial charge in [0.2, 0.25) is 0 Å². The number of rotatable bonds is 3. The highest BCUT2D eigenvalue weighted by Gasteiger charge is 2.10. The zero-order valence-corrected chi connectivity index (χ0v) is 10.7. The van der Waals surface area contributed by atoms with Gasteiger partial charge in [0.25, 0.3) is 0 Å². The molecule has 0 spiro atoms. The van der Waals surface area contributed by atoms with Crippen molar-refractivity contribution in [1.82, 2.24) is 0 Å². The normalized spacial score (nSPS) is 20.6. The zero-order valence-electron chi connectivity index (χ0n) is 10.7. The molecule has 0 heterocycles. The molecule has 2 rings (SSSR count). The monoisotopic (exact) mass is 230 g/mol. The van der Waals surface area contributed by atoms with Gasteiger partial charge in [0.15, 0.2) is 0 Å². The Morgan fingerprint density at radius 2 is 2.06 bits per heavy atom. The molecule has 0 saturated carbocycles. The molecule has 1 aromatic rings. The van der Waals surface area contributed by atoms with Crippen molar-refractivity contribution in [2.24, 2.45) is 5.92 Å². The third-order valence-corrected chi connectivity index (χ3v) is 3.53. The fraction of sp³-hybridized carbons (Fsp3) is 0.500. The van der Waals surface area contributed by atoms with E-state index in [4.69, 9.17) is 4.74 Å². The molecule has 1 atom stereocenters. The number of ether oxygens (including phenoxy) is 1. The lowest BCUT2D eigenvalue weighted by Gasteiger charge is -2.16. The fourth-order valence-corrected chi connectivity index (χ4v) is 2.55. The molecular formula is C16H22O. The number of methoxy groups -OCH3 is 1. The van der Waals surface area contributed by atoms with Crippen LogP contribution in [0.1, 0.15) is 37.7 Å². The van der Waals surface area contributed by atoms with Crippen LogP contribution in [0.4, 0.5) is 0 Å². The summed E-state index contributed by atoms with van der Waals surface area (Å²) in [4.78, 5) is 0. The number of benzene rings is 1. The first-order valence-corrected chi connectivity index (χ1v) is 6.68. The van der Waals surface area contributed by atoms with E-state index in [1.807, 2.05) is 6.07 Å². The van der Waals surface area contributed by atoms with Gasteiger partial charge in [0.1, 0.15) is 5.75 Å². The number of allylic oxidation sites excluding steroid dienone is 2. The minimum absolute atomic E-state index is 0.687. The second kappa shape index (κ2) is 6.48. The van der Waals surface area contributed by atoms with Crippen LogP contribution in [0, 0.1) is 5.92 Å². The first-order valence-electron chi connectivity index (χ1n) is 6.68. The average Bonchev–Trinajstić information content (AvgIpc) is 2.33. The summed E-state index contributed by atoms with van der Waals surface area (Å²) in [5, 5.41) is 0. The maximum absolute atomic E-state index is 5.42. The Labute approximate surface area is 104 Å². The topological polar surface area (TPSA) is 9.23 Å². The smallest absolute Gasteiger partial charge is 0.122 e. The van der Waals surface area contributed by atoms with E-state index in [-0.39, 0.29) is 0 Å². The van der Waals surface area contributed by atoms with Crippen LogP contribution in [-0.2, 0) is 6.42 Å². The van der Waals surface area contributed by atoms with Crippen LogP contribution in [0.25, 0.3) is 0 Å². The van der Waals surface area contributed by atoms with E-state index in [0.717, 1.165) is 12.2 Å². The molecule has 0 amide bonds. The molecular weight excluding hydrogens is 208 g/mol. The molecule has 1 aliphatic carbocycles. The summed E-state index contributed by atoms with van der Waals surface area (Å²) >= 11 is 0. The minimum Gasteiger partial charge on any atom is -0.496 e. The first kappa shape index (κ1) is 12.2. The third-order valence-electron chi connectivity index (χ3n) is 3.53. The van der Waals surface area contributed by atoms with Crippen LogP contribution >= 0.6 is 0 Å². The van der Waals surface area contributed by atoms with Gasteiger partial charge in [-0.2, -0.15) is 0 Å². The minimum atomic E-state index is 0.687. The molecule has 0 fully saturated rings. The maximum atomic E-state index is 5.42. The van der Waals surface area contributed by atoms with Gasteiger partial charge >= 0.3 is 0 Å². The summed E-state index contributed by atoms with van der Waals surface area (Å²) in [7, 11) is 1.76. The van der Waals surface area contributed by atoms with Gasteiger partial charge in [-0.05, 0) is 43.2 Å². The fourth-order valence-electron chi connectivity index (χ4n) is 2.55. The van der Waals surface area contributed by atoms with Crippen molar-refractivity contribution in [3.8, 4) is 5.75 Å². The number of hydrogen-bond donors (Lipinski definition) is 0. The van der Waals surface area contributed by atoms with Crippen molar-refractivity contribution in [2.45, 2.75) is 38.5 Å². The van der Waals surface area contributed by atoms with Gasteiger partial charge in [-0.15, -0.1) is 0 Å². The van der Waals surface area contributed by atoms with E-state index < -0.39 is 0 Å². The number of hydrogen-bond acceptors (Lipinski definition) is 1. The summed E-state index contributed by atoms with van der Waals surface area (Å²) in [5.41, 5.74) is 1.34. The summed E-state index contributed by atoms with van der Waals surface area (Å²) in [5.74, 6) is 1.72. The van der Waals surface area contributed by atoms with Crippen molar-refractivity contribution in [3.63, 3.8) is 0 Å². The van der Waals surface area contributed by atoms with Crippen molar-refractivity contribution in [1.29, 1.82) is 0 Å². The quantitative estimate of drug-likeness (QED) is 0.700. The highest BCUT2D eigenvalue weighted by Crippen LogP contribution is 2.25. The standard InChI is InChI=1S/C16H22O/c1-17-16-12-8-7-11-15(16)13-14-9-5-3-2-4-6-10-14/h5,7-9,11-12,14H,2-4,6,10,13H2,1H3/t14-/m0/s1. The van der Waals surface area contributed by atoms with Crippen molar-refractivity contribution in [3.05, 3.63) is 42.0 Å².